The maximum atomic E-state index is 12.0. The molecule has 104 valence electrons. The Labute approximate surface area is 126 Å². The summed E-state index contributed by atoms with van der Waals surface area (Å²) in [7, 11) is 1.64. The summed E-state index contributed by atoms with van der Waals surface area (Å²) in [6.07, 6.45) is 0. The third-order valence-electron chi connectivity index (χ3n) is 2.33. The number of hydrogen-bond donors (Lipinski definition) is 1. The van der Waals surface area contributed by atoms with Gasteiger partial charge in [-0.05, 0) is 61.1 Å². The third kappa shape index (κ3) is 4.38. The smallest absolute Gasteiger partial charge is 0.322 e. The Morgan fingerprint density at radius 2 is 1.89 bits per heavy atom. The average molecular weight is 375 g/mol. The van der Waals surface area contributed by atoms with Crippen molar-refractivity contribution in [3.05, 3.63) is 27.3 Å². The van der Waals surface area contributed by atoms with E-state index in [0.717, 1.165) is 0 Å². The Balaban J connectivity index is 2.97. The number of benzene rings is 1. The minimum absolute atomic E-state index is 0.0952. The number of anilines is 1. The minimum Gasteiger partial charge on any atom is -0.545 e. The van der Waals surface area contributed by atoms with Crippen molar-refractivity contribution in [2.45, 2.75) is 26.3 Å². The molecule has 0 atom stereocenters. The van der Waals surface area contributed by atoms with E-state index in [-0.39, 0.29) is 17.1 Å². The first-order chi connectivity index (χ1) is 8.61. The van der Waals surface area contributed by atoms with Crippen molar-refractivity contribution >= 4 is 40.3 Å². The summed E-state index contributed by atoms with van der Waals surface area (Å²) in [6.45, 7) is 5.68. The van der Waals surface area contributed by atoms with Crippen LogP contribution in [0, 0.1) is 3.57 Å². The van der Waals surface area contributed by atoms with Crippen LogP contribution < -0.4 is 15.3 Å². The lowest BCUT2D eigenvalue weighted by Gasteiger charge is -2.26. The molecule has 2 amide bonds. The Morgan fingerprint density at radius 1 is 1.32 bits per heavy atom. The molecular formula is C13H16IN2O3-. The van der Waals surface area contributed by atoms with E-state index >= 15 is 0 Å². The van der Waals surface area contributed by atoms with Crippen molar-refractivity contribution in [2.75, 3.05) is 11.9 Å². The highest BCUT2D eigenvalue weighted by Gasteiger charge is 2.19. The molecule has 1 N–H and O–H groups in total. The molecule has 1 aromatic carbocycles. The van der Waals surface area contributed by atoms with E-state index in [4.69, 9.17) is 0 Å². The zero-order chi connectivity index (χ0) is 14.8. The fourth-order valence-corrected chi connectivity index (χ4v) is 2.30. The number of nitrogens with zero attached hydrogens (tertiary/aromatic N) is 1. The van der Waals surface area contributed by atoms with Gasteiger partial charge in [0.1, 0.15) is 0 Å². The van der Waals surface area contributed by atoms with Gasteiger partial charge in [-0.15, -0.1) is 0 Å². The molecule has 0 saturated heterocycles. The molecule has 19 heavy (non-hydrogen) atoms. The third-order valence-corrected chi connectivity index (χ3v) is 3.20. The van der Waals surface area contributed by atoms with Gasteiger partial charge in [-0.3, -0.25) is 4.90 Å². The molecule has 0 aliphatic carbocycles. The normalized spacial score (nSPS) is 11.0. The van der Waals surface area contributed by atoms with Crippen molar-refractivity contribution in [3.8, 4) is 0 Å². The van der Waals surface area contributed by atoms with E-state index in [2.05, 4.69) is 5.32 Å². The number of carbonyl (C=O) groups is 2. The second kappa shape index (κ2) is 5.77. The number of carbonyl (C=O) groups excluding carboxylic acids is 2. The quantitative estimate of drug-likeness (QED) is 0.799. The van der Waals surface area contributed by atoms with Gasteiger partial charge in [-0.25, -0.2) is 4.79 Å². The number of hydrogen-bond acceptors (Lipinski definition) is 3. The van der Waals surface area contributed by atoms with Gasteiger partial charge < -0.3 is 15.2 Å². The standard InChI is InChI=1S/C13H17IN2O3/c1-13(2,3)15-12(19)16(4)10-6-5-8(11(17)18)7-9(10)14/h5-7H,1-4H3,(H,15,19)(H,17,18)/p-1. The van der Waals surface area contributed by atoms with Gasteiger partial charge in [0.25, 0.3) is 0 Å². The van der Waals surface area contributed by atoms with Crippen molar-refractivity contribution in [1.82, 2.24) is 5.32 Å². The van der Waals surface area contributed by atoms with Gasteiger partial charge in [0.05, 0.1) is 11.7 Å². The lowest BCUT2D eigenvalue weighted by molar-refractivity contribution is -0.255. The Kier molecular flexibility index (Phi) is 4.78. The first-order valence-corrected chi connectivity index (χ1v) is 6.76. The number of carboxylic acid groups (broad SMARTS) is 1. The zero-order valence-electron chi connectivity index (χ0n) is 11.3. The fraction of sp³-hybridized carbons (Fsp3) is 0.385. The van der Waals surface area contributed by atoms with Gasteiger partial charge in [0, 0.05) is 16.2 Å². The SMILES string of the molecule is CN(C(=O)NC(C)(C)C)c1ccc(C(=O)[O-])cc1I. The van der Waals surface area contributed by atoms with E-state index < -0.39 is 5.97 Å². The van der Waals surface area contributed by atoms with Gasteiger partial charge in [0.2, 0.25) is 0 Å². The van der Waals surface area contributed by atoms with Gasteiger partial charge >= 0.3 is 6.03 Å². The van der Waals surface area contributed by atoms with Crippen LogP contribution in [0.25, 0.3) is 0 Å². The Hall–Kier alpha value is -1.31. The van der Waals surface area contributed by atoms with E-state index in [0.29, 0.717) is 9.26 Å². The van der Waals surface area contributed by atoms with Crippen LogP contribution in [-0.2, 0) is 0 Å². The number of rotatable bonds is 2. The fourth-order valence-electron chi connectivity index (χ4n) is 1.42. The van der Waals surface area contributed by atoms with Gasteiger partial charge in [0.15, 0.2) is 0 Å². The lowest BCUT2D eigenvalue weighted by atomic mass is 10.1. The molecule has 0 bridgehead atoms. The molecule has 0 radical (unpaired) electrons. The van der Waals surface area contributed by atoms with Crippen molar-refractivity contribution in [1.29, 1.82) is 0 Å². The molecule has 6 heteroatoms. The maximum Gasteiger partial charge on any atom is 0.322 e. The summed E-state index contributed by atoms with van der Waals surface area (Å²) in [6, 6.07) is 4.25. The predicted molar refractivity (Wildman–Crippen MR) is 80.2 cm³/mol. The molecule has 0 saturated carbocycles. The first-order valence-electron chi connectivity index (χ1n) is 5.68. The lowest BCUT2D eigenvalue weighted by Crippen LogP contribution is -2.47. The molecule has 0 unspecified atom stereocenters. The number of urea groups is 1. The summed E-state index contributed by atoms with van der Waals surface area (Å²) in [5, 5.41) is 13.6. The highest BCUT2D eigenvalue weighted by Crippen LogP contribution is 2.23. The molecule has 0 heterocycles. The van der Waals surface area contributed by atoms with Crippen LogP contribution in [-0.4, -0.2) is 24.6 Å². The van der Waals surface area contributed by atoms with E-state index in [1.807, 2.05) is 43.4 Å². The van der Waals surface area contributed by atoms with Crippen LogP contribution >= 0.6 is 22.6 Å². The van der Waals surface area contributed by atoms with E-state index in [1.165, 1.54) is 17.0 Å². The summed E-state index contributed by atoms with van der Waals surface area (Å²) in [5.41, 5.74) is 0.409. The maximum absolute atomic E-state index is 12.0. The van der Waals surface area contributed by atoms with E-state index in [1.54, 1.807) is 13.1 Å². The molecule has 0 aromatic heterocycles. The first kappa shape index (κ1) is 15.7. The highest BCUT2D eigenvalue weighted by atomic mass is 127. The van der Waals surface area contributed by atoms with E-state index in [9.17, 15) is 14.7 Å². The van der Waals surface area contributed by atoms with Crippen LogP contribution in [0.1, 0.15) is 31.1 Å². The minimum atomic E-state index is -1.23. The number of halogens is 1. The second-order valence-electron chi connectivity index (χ2n) is 5.19. The number of carboxylic acids is 1. The molecule has 0 fully saturated rings. The summed E-state index contributed by atoms with van der Waals surface area (Å²) >= 11 is 1.99. The molecule has 1 aromatic rings. The van der Waals surface area contributed by atoms with Gasteiger partial charge in [-0.2, -0.15) is 0 Å². The number of nitrogens with one attached hydrogen (secondary N) is 1. The predicted octanol–water partition coefficient (Wildman–Crippen LogP) is 1.60. The number of aromatic carboxylic acids is 1. The largest absolute Gasteiger partial charge is 0.545 e. The summed E-state index contributed by atoms with van der Waals surface area (Å²) < 4.78 is 0.672. The average Bonchev–Trinajstić information content (AvgIpc) is 2.25. The van der Waals surface area contributed by atoms with Crippen LogP contribution in [0.2, 0.25) is 0 Å². The molecule has 5 nitrogen and oxygen atoms in total. The second-order valence-corrected chi connectivity index (χ2v) is 6.36. The van der Waals surface area contributed by atoms with Crippen LogP contribution in [0.3, 0.4) is 0 Å². The van der Waals surface area contributed by atoms with Crippen LogP contribution in [0.15, 0.2) is 18.2 Å². The molecule has 0 aliphatic heterocycles. The molecular weight excluding hydrogens is 359 g/mol. The van der Waals surface area contributed by atoms with Crippen molar-refractivity contribution < 1.29 is 14.7 Å². The monoisotopic (exact) mass is 375 g/mol. The summed E-state index contributed by atoms with van der Waals surface area (Å²) in [5.74, 6) is -1.23. The Bertz CT molecular complexity index is 509. The van der Waals surface area contributed by atoms with Crippen LogP contribution in [0.5, 0.6) is 0 Å². The summed E-state index contributed by atoms with van der Waals surface area (Å²) in [4.78, 5) is 24.2. The Morgan fingerprint density at radius 3 is 2.32 bits per heavy atom. The van der Waals surface area contributed by atoms with Crippen LogP contribution in [0.4, 0.5) is 10.5 Å². The highest BCUT2D eigenvalue weighted by molar-refractivity contribution is 14.1. The molecule has 0 spiro atoms. The zero-order valence-corrected chi connectivity index (χ0v) is 13.4. The molecule has 1 rings (SSSR count). The van der Waals surface area contributed by atoms with Gasteiger partial charge in [-0.1, -0.05) is 6.07 Å². The van der Waals surface area contributed by atoms with Crippen molar-refractivity contribution in [2.24, 2.45) is 0 Å². The number of amides is 2. The molecule has 0 aliphatic rings. The van der Waals surface area contributed by atoms with Crippen molar-refractivity contribution in [3.63, 3.8) is 0 Å². The topological polar surface area (TPSA) is 72.5 Å².